The molecule has 0 fully saturated rings. The SMILES string of the molecule is FCCOCCOCCOCCOCCCCCCCl. The molecule has 4 nitrogen and oxygen atoms in total. The standard InChI is InChI=1S/C14H28ClFO4/c15-5-3-1-2-4-7-17-9-11-19-13-14-20-12-10-18-8-6-16/h1-14H2. The number of alkyl halides is 2. The largest absolute Gasteiger partial charge is 0.379 e. The highest BCUT2D eigenvalue weighted by Gasteiger charge is 1.93. The molecule has 0 atom stereocenters. The van der Waals surface area contributed by atoms with Crippen LogP contribution in [0.25, 0.3) is 0 Å². The lowest BCUT2D eigenvalue weighted by Crippen LogP contribution is -2.12. The normalized spacial score (nSPS) is 11.1. The Morgan fingerprint density at radius 2 is 1.00 bits per heavy atom. The van der Waals surface area contributed by atoms with E-state index in [4.69, 9.17) is 30.5 Å². The molecular formula is C14H28ClFO4. The number of hydrogen-bond acceptors (Lipinski definition) is 4. The van der Waals surface area contributed by atoms with E-state index in [1.54, 1.807) is 0 Å². The Labute approximate surface area is 126 Å². The van der Waals surface area contributed by atoms with E-state index >= 15 is 0 Å². The van der Waals surface area contributed by atoms with Gasteiger partial charge in [0.1, 0.15) is 6.67 Å². The molecule has 0 heterocycles. The average molecular weight is 315 g/mol. The van der Waals surface area contributed by atoms with Gasteiger partial charge in [-0.2, -0.15) is 0 Å². The van der Waals surface area contributed by atoms with Crippen LogP contribution in [0.15, 0.2) is 0 Å². The molecule has 0 aliphatic heterocycles. The first-order chi connectivity index (χ1) is 9.91. The molecule has 0 rings (SSSR count). The minimum Gasteiger partial charge on any atom is -0.379 e. The predicted octanol–water partition coefficient (Wildman–Crippen LogP) is 2.82. The zero-order valence-electron chi connectivity index (χ0n) is 12.3. The third-order valence-corrected chi connectivity index (χ3v) is 2.78. The van der Waals surface area contributed by atoms with Crippen LogP contribution in [0.3, 0.4) is 0 Å². The smallest absolute Gasteiger partial charge is 0.113 e. The summed E-state index contributed by atoms with van der Waals surface area (Å²) in [6, 6.07) is 0. The Balaban J connectivity index is 2.89. The first-order valence-electron chi connectivity index (χ1n) is 7.34. The van der Waals surface area contributed by atoms with Gasteiger partial charge in [-0.05, 0) is 12.8 Å². The zero-order valence-corrected chi connectivity index (χ0v) is 13.0. The van der Waals surface area contributed by atoms with Gasteiger partial charge in [0.25, 0.3) is 0 Å². The maximum absolute atomic E-state index is 11.7. The summed E-state index contributed by atoms with van der Waals surface area (Å²) >= 11 is 5.59. The molecule has 0 aliphatic rings. The minimum atomic E-state index is -0.449. The maximum Gasteiger partial charge on any atom is 0.113 e. The highest BCUT2D eigenvalue weighted by Crippen LogP contribution is 2.00. The van der Waals surface area contributed by atoms with Crippen LogP contribution >= 0.6 is 11.6 Å². The van der Waals surface area contributed by atoms with Gasteiger partial charge in [0.15, 0.2) is 0 Å². The Morgan fingerprint density at radius 1 is 0.550 bits per heavy atom. The highest BCUT2D eigenvalue weighted by molar-refractivity contribution is 6.17. The summed E-state index contributed by atoms with van der Waals surface area (Å²) in [5.41, 5.74) is 0. The van der Waals surface area contributed by atoms with Crippen LogP contribution in [-0.2, 0) is 18.9 Å². The molecule has 0 aromatic rings. The number of hydrogen-bond donors (Lipinski definition) is 0. The van der Waals surface area contributed by atoms with Crippen molar-refractivity contribution in [3.05, 3.63) is 0 Å². The van der Waals surface area contributed by atoms with Crippen molar-refractivity contribution in [1.82, 2.24) is 0 Å². The van der Waals surface area contributed by atoms with Crippen molar-refractivity contribution in [2.45, 2.75) is 25.7 Å². The molecule has 0 aromatic carbocycles. The fourth-order valence-electron chi connectivity index (χ4n) is 1.47. The van der Waals surface area contributed by atoms with Gasteiger partial charge < -0.3 is 18.9 Å². The summed E-state index contributed by atoms with van der Waals surface area (Å²) in [7, 11) is 0. The molecular weight excluding hydrogens is 287 g/mol. The van der Waals surface area contributed by atoms with Crippen molar-refractivity contribution >= 4 is 11.6 Å². The van der Waals surface area contributed by atoms with Gasteiger partial charge in [0.05, 0.1) is 46.2 Å². The van der Waals surface area contributed by atoms with Crippen molar-refractivity contribution in [3.63, 3.8) is 0 Å². The summed E-state index contributed by atoms with van der Waals surface area (Å²) < 4.78 is 32.6. The third kappa shape index (κ3) is 18.1. The molecule has 0 N–H and O–H groups in total. The zero-order chi connectivity index (χ0) is 14.7. The van der Waals surface area contributed by atoms with Gasteiger partial charge in [-0.25, -0.2) is 4.39 Å². The van der Waals surface area contributed by atoms with Gasteiger partial charge in [-0.1, -0.05) is 12.8 Å². The number of halogens is 2. The molecule has 0 amide bonds. The van der Waals surface area contributed by atoms with E-state index in [0.29, 0.717) is 39.6 Å². The average Bonchev–Trinajstić information content (AvgIpc) is 2.47. The van der Waals surface area contributed by atoms with E-state index in [1.807, 2.05) is 0 Å². The van der Waals surface area contributed by atoms with Crippen LogP contribution in [0, 0.1) is 0 Å². The lowest BCUT2D eigenvalue weighted by molar-refractivity contribution is -0.00327. The van der Waals surface area contributed by atoms with E-state index in [1.165, 1.54) is 12.8 Å². The van der Waals surface area contributed by atoms with Crippen LogP contribution < -0.4 is 0 Å². The molecule has 0 bridgehead atoms. The second kappa shape index (κ2) is 19.1. The van der Waals surface area contributed by atoms with Gasteiger partial charge in [-0.3, -0.25) is 0 Å². The molecule has 0 radical (unpaired) electrons. The van der Waals surface area contributed by atoms with Crippen molar-refractivity contribution in [3.8, 4) is 0 Å². The van der Waals surface area contributed by atoms with Crippen molar-refractivity contribution in [2.24, 2.45) is 0 Å². The first kappa shape index (κ1) is 20.1. The van der Waals surface area contributed by atoms with Crippen LogP contribution in [0.2, 0.25) is 0 Å². The summed E-state index contributed by atoms with van der Waals surface area (Å²) in [4.78, 5) is 0. The summed E-state index contributed by atoms with van der Waals surface area (Å²) in [6.07, 6.45) is 4.52. The molecule has 6 heteroatoms. The van der Waals surface area contributed by atoms with Crippen molar-refractivity contribution in [1.29, 1.82) is 0 Å². The predicted molar refractivity (Wildman–Crippen MR) is 78.4 cm³/mol. The second-order valence-corrected chi connectivity index (χ2v) is 4.62. The minimum absolute atomic E-state index is 0.142. The van der Waals surface area contributed by atoms with Crippen molar-refractivity contribution < 1.29 is 23.3 Å². The van der Waals surface area contributed by atoms with E-state index in [9.17, 15) is 4.39 Å². The topological polar surface area (TPSA) is 36.9 Å². The lowest BCUT2D eigenvalue weighted by atomic mass is 10.2. The van der Waals surface area contributed by atoms with Crippen LogP contribution in [0.4, 0.5) is 4.39 Å². The molecule has 20 heavy (non-hydrogen) atoms. The summed E-state index contributed by atoms with van der Waals surface area (Å²) in [6.45, 7) is 3.66. The maximum atomic E-state index is 11.7. The molecule has 0 aromatic heterocycles. The molecule has 0 saturated heterocycles. The van der Waals surface area contributed by atoms with Crippen LogP contribution in [0.1, 0.15) is 25.7 Å². The Morgan fingerprint density at radius 3 is 1.50 bits per heavy atom. The molecule has 122 valence electrons. The van der Waals surface area contributed by atoms with Crippen molar-refractivity contribution in [2.75, 3.05) is 65.4 Å². The summed E-state index contributed by atoms with van der Waals surface area (Å²) in [5.74, 6) is 0.749. The third-order valence-electron chi connectivity index (χ3n) is 2.51. The Kier molecular flexibility index (Phi) is 19.1. The monoisotopic (exact) mass is 314 g/mol. The molecule has 0 aliphatic carbocycles. The highest BCUT2D eigenvalue weighted by atomic mass is 35.5. The second-order valence-electron chi connectivity index (χ2n) is 4.24. The van der Waals surface area contributed by atoms with Crippen LogP contribution in [-0.4, -0.2) is 65.4 Å². The number of unbranched alkanes of at least 4 members (excludes halogenated alkanes) is 3. The molecule has 0 saturated carbocycles. The fraction of sp³-hybridized carbons (Fsp3) is 1.00. The van der Waals surface area contributed by atoms with E-state index in [0.717, 1.165) is 25.3 Å². The fourth-order valence-corrected chi connectivity index (χ4v) is 1.66. The van der Waals surface area contributed by atoms with Crippen LogP contribution in [0.5, 0.6) is 0 Å². The number of rotatable bonds is 17. The van der Waals surface area contributed by atoms with Gasteiger partial charge in [-0.15, -0.1) is 11.6 Å². The Hall–Kier alpha value is 0.0600. The lowest BCUT2D eigenvalue weighted by Gasteiger charge is -2.07. The van der Waals surface area contributed by atoms with E-state index < -0.39 is 6.67 Å². The van der Waals surface area contributed by atoms with Gasteiger partial charge in [0, 0.05) is 12.5 Å². The van der Waals surface area contributed by atoms with E-state index in [-0.39, 0.29) is 6.61 Å². The Bertz CT molecular complexity index is 157. The summed E-state index contributed by atoms with van der Waals surface area (Å²) in [5, 5.41) is 0. The molecule has 0 unspecified atom stereocenters. The van der Waals surface area contributed by atoms with E-state index in [2.05, 4.69) is 0 Å². The quantitative estimate of drug-likeness (QED) is 0.305. The number of ether oxygens (including phenoxy) is 4. The van der Waals surface area contributed by atoms with Gasteiger partial charge >= 0.3 is 0 Å². The molecule has 0 spiro atoms. The first-order valence-corrected chi connectivity index (χ1v) is 7.88. The van der Waals surface area contributed by atoms with Gasteiger partial charge in [0.2, 0.25) is 0 Å².